The van der Waals surface area contributed by atoms with Gasteiger partial charge < -0.3 is 14.7 Å². The van der Waals surface area contributed by atoms with Crippen LogP contribution in [0.1, 0.15) is 11.1 Å². The molecular formula is C16H13N3O. The summed E-state index contributed by atoms with van der Waals surface area (Å²) in [4.78, 5) is 6.16. The number of H-pyrrole nitrogens is 2. The molecule has 3 rings (SSSR count). The zero-order valence-electron chi connectivity index (χ0n) is 11.0. The lowest BCUT2D eigenvalue weighted by Gasteiger charge is -2.01. The molecule has 0 saturated carbocycles. The van der Waals surface area contributed by atoms with Crippen LogP contribution in [0.3, 0.4) is 0 Å². The molecule has 0 saturated heterocycles. The van der Waals surface area contributed by atoms with Gasteiger partial charge in [0.2, 0.25) is 0 Å². The van der Waals surface area contributed by atoms with Crippen LogP contribution in [-0.4, -0.2) is 17.1 Å². The van der Waals surface area contributed by atoms with E-state index >= 15 is 0 Å². The Bertz CT molecular complexity index is 804. The third-order valence-corrected chi connectivity index (χ3v) is 3.23. The first-order chi connectivity index (χ1) is 9.81. The molecule has 98 valence electrons. The molecule has 20 heavy (non-hydrogen) atoms. The summed E-state index contributed by atoms with van der Waals surface area (Å²) < 4.78 is 5.24. The van der Waals surface area contributed by atoms with Gasteiger partial charge >= 0.3 is 0 Å². The lowest BCUT2D eigenvalue weighted by Crippen LogP contribution is -1.83. The fourth-order valence-corrected chi connectivity index (χ4v) is 2.21. The van der Waals surface area contributed by atoms with Crippen molar-refractivity contribution in [2.45, 2.75) is 0 Å². The zero-order valence-corrected chi connectivity index (χ0v) is 11.0. The Morgan fingerprint density at radius 3 is 2.90 bits per heavy atom. The second-order valence-electron chi connectivity index (χ2n) is 4.43. The molecule has 2 N–H and O–H groups in total. The largest absolute Gasteiger partial charge is 0.497 e. The molecule has 0 atom stereocenters. The van der Waals surface area contributed by atoms with Gasteiger partial charge in [0.15, 0.2) is 0 Å². The number of rotatable bonds is 3. The standard InChI is InChI=1S/C16H13N3O/c1-20-13-2-3-16-14(7-13)15(10-19-16)12(8-17)6-11-4-5-18-9-11/h2-7,9-10,18-19H,1H3. The minimum atomic E-state index is 0.615. The molecule has 0 unspecified atom stereocenters. The van der Waals surface area contributed by atoms with Crippen molar-refractivity contribution in [3.8, 4) is 11.8 Å². The Hall–Kier alpha value is -2.93. The first-order valence-corrected chi connectivity index (χ1v) is 6.22. The summed E-state index contributed by atoms with van der Waals surface area (Å²) in [6, 6.07) is 9.96. The van der Waals surface area contributed by atoms with E-state index in [1.54, 1.807) is 7.11 Å². The van der Waals surface area contributed by atoms with Gasteiger partial charge in [-0.1, -0.05) is 0 Å². The van der Waals surface area contributed by atoms with Gasteiger partial charge in [-0.3, -0.25) is 0 Å². The third-order valence-electron chi connectivity index (χ3n) is 3.23. The predicted octanol–water partition coefficient (Wildman–Crippen LogP) is 3.57. The van der Waals surface area contributed by atoms with Crippen LogP contribution in [0.15, 0.2) is 42.9 Å². The molecular weight excluding hydrogens is 250 g/mol. The molecule has 0 aliphatic carbocycles. The number of aromatic amines is 2. The monoisotopic (exact) mass is 263 g/mol. The summed E-state index contributed by atoms with van der Waals surface area (Å²) >= 11 is 0. The van der Waals surface area contributed by atoms with Gasteiger partial charge in [-0.25, -0.2) is 0 Å². The van der Waals surface area contributed by atoms with Gasteiger partial charge in [0.05, 0.1) is 18.8 Å². The number of ether oxygens (including phenoxy) is 1. The predicted molar refractivity (Wildman–Crippen MR) is 79.1 cm³/mol. The van der Waals surface area contributed by atoms with Crippen LogP contribution in [0, 0.1) is 11.3 Å². The maximum Gasteiger partial charge on any atom is 0.119 e. The molecule has 0 aliphatic heterocycles. The number of hydrogen-bond donors (Lipinski definition) is 2. The summed E-state index contributed by atoms with van der Waals surface area (Å²) in [6.45, 7) is 0. The van der Waals surface area contributed by atoms with E-state index in [0.29, 0.717) is 5.57 Å². The molecule has 0 radical (unpaired) electrons. The molecule has 4 nitrogen and oxygen atoms in total. The van der Waals surface area contributed by atoms with Crippen molar-refractivity contribution in [1.82, 2.24) is 9.97 Å². The summed E-state index contributed by atoms with van der Waals surface area (Å²) in [6.07, 6.45) is 7.40. The molecule has 3 aromatic rings. The number of fused-ring (bicyclic) bond motifs is 1. The number of nitrogens with one attached hydrogen (secondary N) is 2. The van der Waals surface area contributed by atoms with E-state index in [-0.39, 0.29) is 0 Å². The lowest BCUT2D eigenvalue weighted by molar-refractivity contribution is 0.415. The van der Waals surface area contributed by atoms with Crippen LogP contribution in [-0.2, 0) is 0 Å². The Morgan fingerprint density at radius 1 is 1.30 bits per heavy atom. The van der Waals surface area contributed by atoms with Gasteiger partial charge in [-0.2, -0.15) is 5.26 Å². The first kappa shape index (κ1) is 12.1. The van der Waals surface area contributed by atoms with Crippen molar-refractivity contribution < 1.29 is 4.74 Å². The van der Waals surface area contributed by atoms with Crippen LogP contribution >= 0.6 is 0 Å². The van der Waals surface area contributed by atoms with Crippen molar-refractivity contribution in [2.24, 2.45) is 0 Å². The maximum atomic E-state index is 9.41. The lowest BCUT2D eigenvalue weighted by atomic mass is 10.0. The van der Waals surface area contributed by atoms with Crippen molar-refractivity contribution in [3.05, 3.63) is 54.0 Å². The summed E-state index contributed by atoms with van der Waals surface area (Å²) in [5.41, 5.74) is 3.45. The second-order valence-corrected chi connectivity index (χ2v) is 4.43. The summed E-state index contributed by atoms with van der Waals surface area (Å²) in [5, 5.41) is 10.4. The minimum Gasteiger partial charge on any atom is -0.497 e. The quantitative estimate of drug-likeness (QED) is 0.709. The van der Waals surface area contributed by atoms with Gasteiger partial charge in [0.25, 0.3) is 0 Å². The van der Waals surface area contributed by atoms with Gasteiger partial charge in [-0.15, -0.1) is 0 Å². The number of allylic oxidation sites excluding steroid dienone is 1. The van der Waals surface area contributed by atoms with E-state index in [0.717, 1.165) is 27.8 Å². The molecule has 1 aromatic carbocycles. The normalized spacial score (nSPS) is 11.5. The first-order valence-electron chi connectivity index (χ1n) is 6.22. The summed E-state index contributed by atoms with van der Waals surface area (Å²) in [5.74, 6) is 0.775. The topological polar surface area (TPSA) is 64.6 Å². The second kappa shape index (κ2) is 4.98. The van der Waals surface area contributed by atoms with Crippen LogP contribution in [0.25, 0.3) is 22.6 Å². The minimum absolute atomic E-state index is 0.615. The van der Waals surface area contributed by atoms with Gasteiger partial charge in [-0.05, 0) is 35.9 Å². The fourth-order valence-electron chi connectivity index (χ4n) is 2.21. The summed E-state index contributed by atoms with van der Waals surface area (Å²) in [7, 11) is 1.63. The van der Waals surface area contributed by atoms with Crippen molar-refractivity contribution in [3.63, 3.8) is 0 Å². The Labute approximate surface area is 116 Å². The van der Waals surface area contributed by atoms with Crippen LogP contribution < -0.4 is 4.74 Å². The number of methoxy groups -OCH3 is 1. The van der Waals surface area contributed by atoms with E-state index in [2.05, 4.69) is 16.0 Å². The van der Waals surface area contributed by atoms with Crippen LogP contribution in [0.4, 0.5) is 0 Å². The van der Waals surface area contributed by atoms with Crippen molar-refractivity contribution in [1.29, 1.82) is 5.26 Å². The highest BCUT2D eigenvalue weighted by molar-refractivity contribution is 6.01. The zero-order chi connectivity index (χ0) is 13.9. The third kappa shape index (κ3) is 2.06. The van der Waals surface area contributed by atoms with E-state index in [4.69, 9.17) is 4.74 Å². The Morgan fingerprint density at radius 2 is 2.20 bits per heavy atom. The highest BCUT2D eigenvalue weighted by Gasteiger charge is 2.09. The van der Waals surface area contributed by atoms with Crippen molar-refractivity contribution >= 4 is 22.6 Å². The van der Waals surface area contributed by atoms with Crippen LogP contribution in [0.2, 0.25) is 0 Å². The molecule has 2 aromatic heterocycles. The Kier molecular flexibility index (Phi) is 3.02. The van der Waals surface area contributed by atoms with E-state index in [1.165, 1.54) is 0 Å². The smallest absolute Gasteiger partial charge is 0.119 e. The van der Waals surface area contributed by atoms with E-state index < -0.39 is 0 Å². The average Bonchev–Trinajstić information content (AvgIpc) is 3.13. The molecule has 4 heteroatoms. The van der Waals surface area contributed by atoms with E-state index in [9.17, 15) is 5.26 Å². The molecule has 0 fully saturated rings. The number of hydrogen-bond acceptors (Lipinski definition) is 2. The van der Waals surface area contributed by atoms with Gasteiger partial charge in [0, 0.05) is 35.1 Å². The number of benzene rings is 1. The SMILES string of the molecule is COc1ccc2[nH]cc(C(C#N)=Cc3cc[nH]c3)c2c1. The van der Waals surface area contributed by atoms with Gasteiger partial charge in [0.1, 0.15) is 5.75 Å². The molecule has 0 aliphatic rings. The molecule has 2 heterocycles. The molecule has 0 amide bonds. The number of aromatic nitrogens is 2. The van der Waals surface area contributed by atoms with Crippen LogP contribution in [0.5, 0.6) is 5.75 Å². The molecule has 0 bridgehead atoms. The van der Waals surface area contributed by atoms with E-state index in [1.807, 2.05) is 48.9 Å². The Balaban J connectivity index is 2.15. The molecule has 0 spiro atoms. The fraction of sp³-hybridized carbons (Fsp3) is 0.0625. The number of nitrogens with zero attached hydrogens (tertiary/aromatic N) is 1. The number of nitriles is 1. The average molecular weight is 263 g/mol. The maximum absolute atomic E-state index is 9.41. The van der Waals surface area contributed by atoms with Crippen molar-refractivity contribution in [2.75, 3.05) is 7.11 Å². The highest BCUT2D eigenvalue weighted by Crippen LogP contribution is 2.29. The highest BCUT2D eigenvalue weighted by atomic mass is 16.5.